The Balaban J connectivity index is 2.86. The molecule has 0 aromatic carbocycles. The van der Waals surface area contributed by atoms with Crippen molar-refractivity contribution < 1.29 is 6.17 Å². The smallest absolute Gasteiger partial charge is 0.251 e. The Labute approximate surface area is 79.6 Å². The molecule has 1 rings (SSSR count). The third kappa shape index (κ3) is 3.23. The minimum atomic E-state index is -0.285. The van der Waals surface area contributed by atoms with Crippen LogP contribution in [0, 0.1) is 0 Å². The highest BCUT2D eigenvalue weighted by molar-refractivity contribution is 5.94. The zero-order valence-corrected chi connectivity index (χ0v) is 8.09. The molecule has 0 aliphatic heterocycles. The van der Waals surface area contributed by atoms with Crippen molar-refractivity contribution in [3.8, 4) is 0 Å². The lowest BCUT2D eigenvalue weighted by molar-refractivity contribution is 0.0919. The molecule has 0 aliphatic carbocycles. The van der Waals surface area contributed by atoms with Crippen molar-refractivity contribution in [3.63, 3.8) is 0 Å². The maximum absolute atomic E-state index is 11.6. The van der Waals surface area contributed by atoms with Crippen LogP contribution in [0.4, 0.5) is 0 Å². The molecule has 70 valence electrons. The number of nitrogens with one attached hydrogen (secondary N) is 1. The molecule has 0 saturated heterocycles. The van der Waals surface area contributed by atoms with E-state index in [-0.39, 0.29) is 17.5 Å². The Hall–Kier alpha value is -1.38. The van der Waals surface area contributed by atoms with Gasteiger partial charge in [0.15, 0.2) is 0 Å². The normalized spacial score (nSPS) is 12.1. The Bertz CT molecular complexity index is 344. The number of pyridine rings is 1. The van der Waals surface area contributed by atoms with Gasteiger partial charge in [-0.25, -0.2) is 0 Å². The van der Waals surface area contributed by atoms with Gasteiger partial charge in [0.05, 0.1) is 1.37 Å². The van der Waals surface area contributed by atoms with Crippen molar-refractivity contribution in [2.75, 3.05) is 0 Å². The summed E-state index contributed by atoms with van der Waals surface area (Å²) >= 11 is 0. The predicted molar refractivity (Wildman–Crippen MR) is 51.5 cm³/mol. The van der Waals surface area contributed by atoms with Gasteiger partial charge in [-0.3, -0.25) is 9.78 Å². The molecular weight excluding hydrogens is 164 g/mol. The number of hydrogen-bond donors (Lipinski definition) is 1. The topological polar surface area (TPSA) is 42.0 Å². The lowest BCUT2D eigenvalue weighted by Gasteiger charge is -2.20. The second-order valence-electron chi connectivity index (χ2n) is 3.86. The Morgan fingerprint density at radius 2 is 2.23 bits per heavy atom. The molecule has 0 bridgehead atoms. The van der Waals surface area contributed by atoms with Crippen molar-refractivity contribution >= 4 is 5.91 Å². The Morgan fingerprint density at radius 3 is 2.77 bits per heavy atom. The molecule has 0 saturated carbocycles. The summed E-state index contributed by atoms with van der Waals surface area (Å²) in [5.74, 6) is -0.232. The summed E-state index contributed by atoms with van der Waals surface area (Å²) in [4.78, 5) is 15.4. The third-order valence-corrected chi connectivity index (χ3v) is 1.36. The van der Waals surface area contributed by atoms with E-state index in [9.17, 15) is 4.79 Å². The highest BCUT2D eigenvalue weighted by Gasteiger charge is 2.14. The first-order chi connectivity index (χ1) is 6.40. The molecule has 1 heterocycles. The molecule has 1 N–H and O–H groups in total. The van der Waals surface area contributed by atoms with Gasteiger partial charge < -0.3 is 5.32 Å². The molecule has 13 heavy (non-hydrogen) atoms. The maximum atomic E-state index is 11.6. The summed E-state index contributed by atoms with van der Waals surface area (Å²) in [6.07, 6.45) is 2.87. The van der Waals surface area contributed by atoms with E-state index in [4.69, 9.17) is 1.37 Å². The second kappa shape index (κ2) is 3.56. The lowest BCUT2D eigenvalue weighted by Crippen LogP contribution is -2.40. The zero-order chi connectivity index (χ0) is 10.8. The summed E-state index contributed by atoms with van der Waals surface area (Å²) in [6, 6.07) is 1.69. The van der Waals surface area contributed by atoms with E-state index in [1.165, 1.54) is 12.4 Å². The molecule has 0 fully saturated rings. The van der Waals surface area contributed by atoms with Gasteiger partial charge in [0.1, 0.15) is 0 Å². The van der Waals surface area contributed by atoms with Crippen LogP contribution in [-0.2, 0) is 0 Å². The molecule has 1 amide bonds. The monoisotopic (exact) mass is 179 g/mol. The van der Waals surface area contributed by atoms with Gasteiger partial charge >= 0.3 is 0 Å². The van der Waals surface area contributed by atoms with Crippen LogP contribution in [-0.4, -0.2) is 16.4 Å². The van der Waals surface area contributed by atoms with E-state index in [0.717, 1.165) is 0 Å². The number of hydrogen-bond acceptors (Lipinski definition) is 2. The molecule has 0 atom stereocenters. The third-order valence-electron chi connectivity index (χ3n) is 1.36. The van der Waals surface area contributed by atoms with Crippen LogP contribution in [0.5, 0.6) is 0 Å². The first-order valence-electron chi connectivity index (χ1n) is 4.63. The highest BCUT2D eigenvalue weighted by atomic mass is 16.1. The summed E-state index contributed by atoms with van der Waals surface area (Å²) in [5.41, 5.74) is 0.0715. The van der Waals surface area contributed by atoms with Crippen LogP contribution in [0.15, 0.2) is 24.5 Å². The number of rotatable bonds is 1. The molecule has 0 spiro atoms. The van der Waals surface area contributed by atoms with Gasteiger partial charge in [0.25, 0.3) is 5.91 Å². The fraction of sp³-hybridized carbons (Fsp3) is 0.400. The Kier molecular flexibility index (Phi) is 2.25. The molecule has 3 nitrogen and oxygen atoms in total. The van der Waals surface area contributed by atoms with E-state index >= 15 is 0 Å². The fourth-order valence-corrected chi connectivity index (χ4v) is 0.865. The summed E-state index contributed by atoms with van der Waals surface area (Å²) in [7, 11) is 0. The van der Waals surface area contributed by atoms with Crippen molar-refractivity contribution in [2.24, 2.45) is 0 Å². The van der Waals surface area contributed by atoms with Crippen molar-refractivity contribution in [2.45, 2.75) is 26.3 Å². The van der Waals surface area contributed by atoms with Gasteiger partial charge in [0.2, 0.25) is 0 Å². The molecular formula is C10H14N2O. The van der Waals surface area contributed by atoms with E-state index in [1.54, 1.807) is 6.07 Å². The predicted octanol–water partition coefficient (Wildman–Crippen LogP) is 1.61. The largest absolute Gasteiger partial charge is 0.347 e. The van der Waals surface area contributed by atoms with Gasteiger partial charge in [0, 0.05) is 23.5 Å². The quantitative estimate of drug-likeness (QED) is 0.711. The van der Waals surface area contributed by atoms with E-state index in [2.05, 4.69) is 10.3 Å². The molecule has 0 radical (unpaired) electrons. The van der Waals surface area contributed by atoms with Gasteiger partial charge in [-0.2, -0.15) is 0 Å². The van der Waals surface area contributed by atoms with Crippen molar-refractivity contribution in [3.05, 3.63) is 30.1 Å². The number of amides is 1. The van der Waals surface area contributed by atoms with Crippen LogP contribution >= 0.6 is 0 Å². The van der Waals surface area contributed by atoms with Crippen LogP contribution in [0.2, 0.25) is 0 Å². The first kappa shape index (κ1) is 8.23. The van der Waals surface area contributed by atoms with Crippen molar-refractivity contribution in [1.82, 2.24) is 10.3 Å². The average molecular weight is 179 g/mol. The number of nitrogens with zero attached hydrogens (tertiary/aromatic N) is 1. The molecule has 0 aliphatic rings. The number of carbonyl (C=O) groups is 1. The first-order valence-corrected chi connectivity index (χ1v) is 4.13. The fourth-order valence-electron chi connectivity index (χ4n) is 0.865. The minimum absolute atomic E-state index is 0.147. The number of aromatic nitrogens is 1. The molecule has 3 heteroatoms. The summed E-state index contributed by atoms with van der Waals surface area (Å²) < 4.78 is 7.49. The molecule has 1 aromatic heterocycles. The van der Waals surface area contributed by atoms with Crippen LogP contribution in [0.3, 0.4) is 0 Å². The standard InChI is InChI=1S/C10H14N2O/c1-10(2,3)12-9(13)8-4-6-11-7-5-8/h4-7H,1-3H3,(H,12,13)/i4D. The molecule has 1 aromatic rings. The van der Waals surface area contributed by atoms with Crippen LogP contribution in [0.1, 0.15) is 32.5 Å². The average Bonchev–Trinajstić information content (AvgIpc) is 2.01. The van der Waals surface area contributed by atoms with Crippen LogP contribution < -0.4 is 5.32 Å². The minimum Gasteiger partial charge on any atom is -0.347 e. The lowest BCUT2D eigenvalue weighted by atomic mass is 10.1. The second-order valence-corrected chi connectivity index (χ2v) is 3.86. The SMILES string of the molecule is [2H]c1cnccc1C(=O)NC(C)(C)C. The molecule has 0 unspecified atom stereocenters. The highest BCUT2D eigenvalue weighted by Crippen LogP contribution is 2.02. The van der Waals surface area contributed by atoms with Gasteiger partial charge in [-0.15, -0.1) is 0 Å². The van der Waals surface area contributed by atoms with E-state index in [0.29, 0.717) is 5.56 Å². The number of carbonyl (C=O) groups excluding carboxylic acids is 1. The van der Waals surface area contributed by atoms with Crippen LogP contribution in [0.25, 0.3) is 0 Å². The van der Waals surface area contributed by atoms with E-state index < -0.39 is 0 Å². The van der Waals surface area contributed by atoms with Crippen molar-refractivity contribution in [1.29, 1.82) is 0 Å². The summed E-state index contributed by atoms with van der Waals surface area (Å²) in [6.45, 7) is 5.70. The Morgan fingerprint density at radius 1 is 1.54 bits per heavy atom. The summed E-state index contributed by atoms with van der Waals surface area (Å²) in [5, 5.41) is 2.79. The van der Waals surface area contributed by atoms with E-state index in [1.807, 2.05) is 20.8 Å². The maximum Gasteiger partial charge on any atom is 0.251 e. The van der Waals surface area contributed by atoms with Gasteiger partial charge in [-0.1, -0.05) is 0 Å². The zero-order valence-electron chi connectivity index (χ0n) is 9.09. The van der Waals surface area contributed by atoms with Gasteiger partial charge in [-0.05, 0) is 32.9 Å².